The molecule has 0 spiro atoms. The number of nitrogens with zero attached hydrogens (tertiary/aromatic N) is 1. The predicted molar refractivity (Wildman–Crippen MR) is 47.1 cm³/mol. The minimum absolute atomic E-state index is 0.0862. The van der Waals surface area contributed by atoms with Gasteiger partial charge in [-0.3, -0.25) is 4.79 Å². The van der Waals surface area contributed by atoms with Gasteiger partial charge in [-0.2, -0.15) is 0 Å². The molecule has 0 aliphatic heterocycles. The zero-order valence-corrected chi connectivity index (χ0v) is 7.73. The van der Waals surface area contributed by atoms with Gasteiger partial charge < -0.3 is 4.90 Å². The fourth-order valence-electron chi connectivity index (χ4n) is 0.764. The van der Waals surface area contributed by atoms with Crippen LogP contribution in [0.2, 0.25) is 0 Å². The molecule has 1 rings (SSSR count). The molecule has 0 unspecified atom stereocenters. The summed E-state index contributed by atoms with van der Waals surface area (Å²) in [5, 5.41) is 1.98. The van der Waals surface area contributed by atoms with Gasteiger partial charge in [0.05, 0.1) is 4.88 Å². The molecule has 0 N–H and O–H groups in total. The molecule has 1 heterocycles. The first-order valence-electron chi connectivity index (χ1n) is 3.38. The summed E-state index contributed by atoms with van der Waals surface area (Å²) in [6, 6.07) is 1.91. The normalized spacial score (nSPS) is 9.73. The quantitative estimate of drug-likeness (QED) is 0.627. The summed E-state index contributed by atoms with van der Waals surface area (Å²) in [6.07, 6.45) is 0. The van der Waals surface area contributed by atoms with Crippen molar-refractivity contribution in [2.45, 2.75) is 6.92 Å². The van der Waals surface area contributed by atoms with Gasteiger partial charge in [-0.25, -0.2) is 0 Å². The van der Waals surface area contributed by atoms with E-state index in [1.165, 1.54) is 11.3 Å². The van der Waals surface area contributed by atoms with Crippen molar-refractivity contribution in [3.8, 4) is 0 Å². The van der Waals surface area contributed by atoms with E-state index in [1.807, 2.05) is 18.4 Å². The molecular weight excluding hydrogens is 158 g/mol. The van der Waals surface area contributed by atoms with Gasteiger partial charge in [0.25, 0.3) is 5.91 Å². The van der Waals surface area contributed by atoms with Gasteiger partial charge in [-0.15, -0.1) is 11.3 Å². The molecule has 0 aliphatic rings. The number of thiophene rings is 1. The maximum Gasteiger partial charge on any atom is 0.263 e. The highest BCUT2D eigenvalue weighted by atomic mass is 32.1. The summed E-state index contributed by atoms with van der Waals surface area (Å²) in [5.74, 6) is 0.0862. The van der Waals surface area contributed by atoms with E-state index in [4.69, 9.17) is 0 Å². The second-order valence-electron chi connectivity index (χ2n) is 2.69. The van der Waals surface area contributed by atoms with E-state index < -0.39 is 0 Å². The third-order valence-corrected chi connectivity index (χ3v) is 2.38. The topological polar surface area (TPSA) is 20.3 Å². The summed E-state index contributed by atoms with van der Waals surface area (Å²) >= 11 is 1.49. The standard InChI is InChI=1S/C8H11NOS/c1-6-4-7(11-5-6)8(10)9(2)3/h4-5H,1-3H3. The number of rotatable bonds is 1. The number of aryl methyl sites for hydroxylation is 1. The van der Waals surface area contributed by atoms with Crippen LogP contribution >= 0.6 is 11.3 Å². The Morgan fingerprint density at radius 1 is 1.55 bits per heavy atom. The van der Waals surface area contributed by atoms with Crippen molar-refractivity contribution in [2.75, 3.05) is 14.1 Å². The minimum Gasteiger partial charge on any atom is -0.344 e. The molecule has 0 fully saturated rings. The summed E-state index contributed by atoms with van der Waals surface area (Å²) < 4.78 is 0. The Bertz CT molecular complexity index is 265. The molecule has 0 radical (unpaired) electrons. The number of carbonyl (C=O) groups excluding carboxylic acids is 1. The summed E-state index contributed by atoms with van der Waals surface area (Å²) in [7, 11) is 3.52. The van der Waals surface area contributed by atoms with Crippen molar-refractivity contribution < 1.29 is 4.79 Å². The Morgan fingerprint density at radius 3 is 2.55 bits per heavy atom. The zero-order valence-electron chi connectivity index (χ0n) is 6.92. The first-order valence-corrected chi connectivity index (χ1v) is 4.26. The molecule has 1 aromatic heterocycles. The SMILES string of the molecule is Cc1csc(C(=O)N(C)C)c1. The molecule has 0 aromatic carbocycles. The number of hydrogen-bond donors (Lipinski definition) is 0. The van der Waals surface area contributed by atoms with Gasteiger partial charge in [0.1, 0.15) is 0 Å². The first kappa shape index (κ1) is 8.27. The average molecular weight is 169 g/mol. The molecule has 0 bridgehead atoms. The Balaban J connectivity index is 2.85. The van der Waals surface area contributed by atoms with Crippen molar-refractivity contribution in [3.05, 3.63) is 21.9 Å². The maximum absolute atomic E-state index is 11.3. The van der Waals surface area contributed by atoms with Crippen molar-refractivity contribution in [1.29, 1.82) is 0 Å². The fourth-order valence-corrected chi connectivity index (χ4v) is 1.68. The van der Waals surface area contributed by atoms with Gasteiger partial charge in [-0.05, 0) is 23.9 Å². The smallest absolute Gasteiger partial charge is 0.263 e. The second-order valence-corrected chi connectivity index (χ2v) is 3.60. The Hall–Kier alpha value is -0.830. The van der Waals surface area contributed by atoms with Crippen LogP contribution in [-0.2, 0) is 0 Å². The van der Waals surface area contributed by atoms with Crippen molar-refractivity contribution in [2.24, 2.45) is 0 Å². The predicted octanol–water partition coefficient (Wildman–Crippen LogP) is 1.76. The van der Waals surface area contributed by atoms with Crippen molar-refractivity contribution in [3.63, 3.8) is 0 Å². The minimum atomic E-state index is 0.0862. The lowest BCUT2D eigenvalue weighted by atomic mass is 10.3. The summed E-state index contributed by atoms with van der Waals surface area (Å²) in [4.78, 5) is 13.7. The summed E-state index contributed by atoms with van der Waals surface area (Å²) in [5.41, 5.74) is 1.15. The maximum atomic E-state index is 11.3. The van der Waals surface area contributed by atoms with Gasteiger partial charge >= 0.3 is 0 Å². The lowest BCUT2D eigenvalue weighted by Crippen LogP contribution is -2.20. The molecule has 60 valence electrons. The van der Waals surface area contributed by atoms with E-state index in [1.54, 1.807) is 19.0 Å². The fraction of sp³-hybridized carbons (Fsp3) is 0.375. The van der Waals surface area contributed by atoms with Crippen LogP contribution in [-0.4, -0.2) is 24.9 Å². The van der Waals surface area contributed by atoms with Gasteiger partial charge in [-0.1, -0.05) is 0 Å². The average Bonchev–Trinajstić information content (AvgIpc) is 2.34. The monoisotopic (exact) mass is 169 g/mol. The third kappa shape index (κ3) is 1.80. The van der Waals surface area contributed by atoms with Crippen LogP contribution in [0.25, 0.3) is 0 Å². The molecule has 3 heteroatoms. The van der Waals surface area contributed by atoms with Crippen LogP contribution in [0.1, 0.15) is 15.2 Å². The van der Waals surface area contributed by atoms with Crippen LogP contribution in [0.3, 0.4) is 0 Å². The van der Waals surface area contributed by atoms with E-state index in [0.717, 1.165) is 10.4 Å². The highest BCUT2D eigenvalue weighted by Crippen LogP contribution is 2.14. The molecule has 1 aromatic rings. The van der Waals surface area contributed by atoms with E-state index in [0.29, 0.717) is 0 Å². The van der Waals surface area contributed by atoms with E-state index in [9.17, 15) is 4.79 Å². The van der Waals surface area contributed by atoms with Crippen molar-refractivity contribution >= 4 is 17.2 Å². The lowest BCUT2D eigenvalue weighted by molar-refractivity contribution is 0.0832. The van der Waals surface area contributed by atoms with E-state index >= 15 is 0 Å². The van der Waals surface area contributed by atoms with Crippen LogP contribution < -0.4 is 0 Å². The van der Waals surface area contributed by atoms with Crippen LogP contribution in [0.4, 0.5) is 0 Å². The molecule has 0 aliphatic carbocycles. The number of carbonyl (C=O) groups is 1. The number of hydrogen-bond acceptors (Lipinski definition) is 2. The number of amides is 1. The lowest BCUT2D eigenvalue weighted by Gasteiger charge is -2.06. The Morgan fingerprint density at radius 2 is 2.18 bits per heavy atom. The largest absolute Gasteiger partial charge is 0.344 e. The van der Waals surface area contributed by atoms with Crippen LogP contribution in [0.15, 0.2) is 11.4 Å². The first-order chi connectivity index (χ1) is 5.11. The molecular formula is C8H11NOS. The molecule has 0 saturated heterocycles. The van der Waals surface area contributed by atoms with Gasteiger partial charge in [0.15, 0.2) is 0 Å². The third-order valence-electron chi connectivity index (χ3n) is 1.35. The molecule has 0 atom stereocenters. The van der Waals surface area contributed by atoms with Gasteiger partial charge in [0.2, 0.25) is 0 Å². The molecule has 0 saturated carbocycles. The molecule has 11 heavy (non-hydrogen) atoms. The highest BCUT2D eigenvalue weighted by Gasteiger charge is 2.08. The Labute approximate surface area is 70.5 Å². The highest BCUT2D eigenvalue weighted by molar-refractivity contribution is 7.12. The van der Waals surface area contributed by atoms with Gasteiger partial charge in [0, 0.05) is 14.1 Å². The molecule has 2 nitrogen and oxygen atoms in total. The molecule has 1 amide bonds. The van der Waals surface area contributed by atoms with Crippen LogP contribution in [0.5, 0.6) is 0 Å². The zero-order chi connectivity index (χ0) is 8.43. The Kier molecular flexibility index (Phi) is 2.29. The van der Waals surface area contributed by atoms with E-state index in [2.05, 4.69) is 0 Å². The second kappa shape index (κ2) is 3.05. The summed E-state index contributed by atoms with van der Waals surface area (Å²) in [6.45, 7) is 1.99. The van der Waals surface area contributed by atoms with Crippen LogP contribution in [0, 0.1) is 6.92 Å². The van der Waals surface area contributed by atoms with E-state index in [-0.39, 0.29) is 5.91 Å². The van der Waals surface area contributed by atoms with Crippen molar-refractivity contribution in [1.82, 2.24) is 4.90 Å².